The van der Waals surface area contributed by atoms with Gasteiger partial charge in [-0.05, 0) is 58.1 Å². The average Bonchev–Trinajstić information content (AvgIpc) is 2.71. The van der Waals surface area contributed by atoms with Crippen LogP contribution in [-0.2, 0) is 19.3 Å². The summed E-state index contributed by atoms with van der Waals surface area (Å²) in [6.45, 7) is 9.10. The highest BCUT2D eigenvalue weighted by Crippen LogP contribution is 2.36. The minimum Gasteiger partial charge on any atom is -0.494 e. The van der Waals surface area contributed by atoms with E-state index in [9.17, 15) is 8.42 Å². The highest BCUT2D eigenvalue weighted by atomic mass is 32.2. The number of hydrogen-bond acceptors (Lipinski definition) is 5. The van der Waals surface area contributed by atoms with Crippen LogP contribution in [0.4, 0.5) is 0 Å². The van der Waals surface area contributed by atoms with Gasteiger partial charge in [0.1, 0.15) is 5.75 Å². The zero-order valence-corrected chi connectivity index (χ0v) is 16.5. The van der Waals surface area contributed by atoms with E-state index in [1.807, 2.05) is 52.0 Å². The molecule has 0 radical (unpaired) electrons. The molecule has 6 nitrogen and oxygen atoms in total. The van der Waals surface area contributed by atoms with Crippen molar-refractivity contribution >= 4 is 22.6 Å². The van der Waals surface area contributed by atoms with Crippen molar-refractivity contribution in [1.29, 1.82) is 0 Å². The van der Waals surface area contributed by atoms with E-state index in [0.29, 0.717) is 13.2 Å². The van der Waals surface area contributed by atoms with Crippen molar-refractivity contribution in [3.63, 3.8) is 0 Å². The summed E-state index contributed by atoms with van der Waals surface area (Å²) in [7, 11) is -3.48. The first-order valence-corrected chi connectivity index (χ1v) is 10.4. The Bertz CT molecular complexity index is 657. The molecule has 1 saturated heterocycles. The van der Waals surface area contributed by atoms with Gasteiger partial charge in [0.15, 0.2) is 0 Å². The van der Waals surface area contributed by atoms with Crippen LogP contribution >= 0.6 is 0 Å². The first kappa shape index (κ1) is 20.2. The molecular weight excluding hydrogens is 341 g/mol. The third-order valence-corrected chi connectivity index (χ3v) is 5.34. The standard InChI is InChI=1S/C17H28BNO5S/c1-16(2)17(3,4)24-18(23-16)14-8-10-15(11-9-14)22-13-7-6-12-19-25(5,20)21/h8-11,19H,6-7,12-13H2,1-5H3. The molecule has 1 aromatic rings. The zero-order valence-electron chi connectivity index (χ0n) is 15.7. The molecule has 1 aromatic carbocycles. The number of benzene rings is 1. The van der Waals surface area contributed by atoms with Gasteiger partial charge in [-0.2, -0.15) is 0 Å². The van der Waals surface area contributed by atoms with Gasteiger partial charge in [0.25, 0.3) is 0 Å². The Morgan fingerprint density at radius 1 is 1.04 bits per heavy atom. The molecule has 0 saturated carbocycles. The quantitative estimate of drug-likeness (QED) is 0.558. The second-order valence-corrected chi connectivity index (χ2v) is 9.21. The molecule has 1 fully saturated rings. The first-order chi connectivity index (χ1) is 11.5. The van der Waals surface area contributed by atoms with Crippen molar-refractivity contribution in [2.45, 2.75) is 51.7 Å². The Morgan fingerprint density at radius 3 is 2.12 bits per heavy atom. The molecule has 8 heteroatoms. The molecule has 0 atom stereocenters. The summed E-state index contributed by atoms with van der Waals surface area (Å²) in [5.74, 6) is 0.774. The molecule has 0 bridgehead atoms. The summed E-state index contributed by atoms with van der Waals surface area (Å²) in [5, 5.41) is 0. The van der Waals surface area contributed by atoms with Crippen molar-refractivity contribution in [3.05, 3.63) is 24.3 Å². The molecule has 0 amide bonds. The van der Waals surface area contributed by atoms with E-state index in [1.165, 1.54) is 0 Å². The number of rotatable bonds is 8. The SMILES string of the molecule is CC1(C)OB(c2ccc(OCCCCNS(C)(=O)=O)cc2)OC1(C)C. The van der Waals surface area contributed by atoms with Crippen molar-refractivity contribution in [2.24, 2.45) is 0 Å². The van der Waals surface area contributed by atoms with E-state index in [4.69, 9.17) is 14.0 Å². The lowest BCUT2D eigenvalue weighted by Crippen LogP contribution is -2.41. The van der Waals surface area contributed by atoms with E-state index in [-0.39, 0.29) is 18.3 Å². The van der Waals surface area contributed by atoms with Gasteiger partial charge in [-0.1, -0.05) is 12.1 Å². The molecule has 25 heavy (non-hydrogen) atoms. The van der Waals surface area contributed by atoms with Crippen molar-refractivity contribution in [1.82, 2.24) is 4.72 Å². The predicted molar refractivity (Wildman–Crippen MR) is 99.7 cm³/mol. The van der Waals surface area contributed by atoms with E-state index in [1.54, 1.807) is 0 Å². The van der Waals surface area contributed by atoms with Crippen LogP contribution in [0.15, 0.2) is 24.3 Å². The lowest BCUT2D eigenvalue weighted by atomic mass is 9.79. The van der Waals surface area contributed by atoms with Crippen molar-refractivity contribution in [3.8, 4) is 5.75 Å². The lowest BCUT2D eigenvalue weighted by Gasteiger charge is -2.32. The van der Waals surface area contributed by atoms with Crippen LogP contribution in [0.25, 0.3) is 0 Å². The fraction of sp³-hybridized carbons (Fsp3) is 0.647. The van der Waals surface area contributed by atoms with E-state index in [0.717, 1.165) is 30.3 Å². The predicted octanol–water partition coefficient (Wildman–Crippen LogP) is 1.69. The summed E-state index contributed by atoms with van der Waals surface area (Å²) in [6.07, 6.45) is 2.67. The van der Waals surface area contributed by atoms with Gasteiger partial charge in [0, 0.05) is 6.54 Å². The maximum absolute atomic E-state index is 10.9. The minimum absolute atomic E-state index is 0.354. The topological polar surface area (TPSA) is 73.9 Å². The molecule has 0 aromatic heterocycles. The third-order valence-electron chi connectivity index (χ3n) is 4.61. The first-order valence-electron chi connectivity index (χ1n) is 8.53. The van der Waals surface area contributed by atoms with Gasteiger partial charge in [-0.15, -0.1) is 0 Å². The van der Waals surface area contributed by atoms with E-state index >= 15 is 0 Å². The van der Waals surface area contributed by atoms with Gasteiger partial charge >= 0.3 is 7.12 Å². The fourth-order valence-electron chi connectivity index (χ4n) is 2.37. The fourth-order valence-corrected chi connectivity index (χ4v) is 2.89. The number of nitrogens with one attached hydrogen (secondary N) is 1. The summed E-state index contributed by atoms with van der Waals surface area (Å²) >= 11 is 0. The molecule has 0 spiro atoms. The highest BCUT2D eigenvalue weighted by Gasteiger charge is 2.51. The third kappa shape index (κ3) is 5.71. The van der Waals surface area contributed by atoms with Crippen LogP contribution in [0.5, 0.6) is 5.75 Å². The smallest absolute Gasteiger partial charge is 0.494 e. The van der Waals surface area contributed by atoms with Crippen LogP contribution in [0.2, 0.25) is 0 Å². The molecule has 1 N–H and O–H groups in total. The minimum atomic E-state index is -3.11. The van der Waals surface area contributed by atoms with E-state index < -0.39 is 10.0 Å². The van der Waals surface area contributed by atoms with Gasteiger partial charge in [-0.3, -0.25) is 0 Å². The van der Waals surface area contributed by atoms with Crippen LogP contribution in [-0.4, -0.2) is 46.1 Å². The molecule has 2 rings (SSSR count). The van der Waals surface area contributed by atoms with Gasteiger partial charge < -0.3 is 14.0 Å². The number of ether oxygens (including phenoxy) is 1. The molecule has 1 aliphatic rings. The Balaban J connectivity index is 1.77. The number of unbranched alkanes of at least 4 members (excludes halogenated alkanes) is 1. The molecule has 1 heterocycles. The molecular formula is C17H28BNO5S. The van der Waals surface area contributed by atoms with E-state index in [2.05, 4.69) is 4.72 Å². The summed E-state index contributed by atoms with van der Waals surface area (Å²) in [6, 6.07) is 7.69. The second-order valence-electron chi connectivity index (χ2n) is 7.38. The summed E-state index contributed by atoms with van der Waals surface area (Å²) in [5.41, 5.74) is 0.253. The number of hydrogen-bond donors (Lipinski definition) is 1. The largest absolute Gasteiger partial charge is 0.494 e. The number of sulfonamides is 1. The Morgan fingerprint density at radius 2 is 1.60 bits per heavy atom. The van der Waals surface area contributed by atoms with Crippen molar-refractivity contribution in [2.75, 3.05) is 19.4 Å². The van der Waals surface area contributed by atoms with Gasteiger partial charge in [0.05, 0.1) is 24.1 Å². The summed E-state index contributed by atoms with van der Waals surface area (Å²) < 4.78 is 42.1. The molecule has 140 valence electrons. The maximum atomic E-state index is 10.9. The molecule has 0 unspecified atom stereocenters. The average molecular weight is 369 g/mol. The summed E-state index contributed by atoms with van der Waals surface area (Å²) in [4.78, 5) is 0. The maximum Gasteiger partial charge on any atom is 0.494 e. The Labute approximate surface area is 151 Å². The van der Waals surface area contributed by atoms with Crippen LogP contribution in [0, 0.1) is 0 Å². The lowest BCUT2D eigenvalue weighted by molar-refractivity contribution is 0.00578. The Kier molecular flexibility index (Phi) is 6.19. The zero-order chi connectivity index (χ0) is 18.7. The second kappa shape index (κ2) is 7.66. The van der Waals surface area contributed by atoms with Crippen LogP contribution < -0.4 is 14.9 Å². The Hall–Kier alpha value is -1.09. The molecule has 0 aliphatic carbocycles. The monoisotopic (exact) mass is 369 g/mol. The molecule has 1 aliphatic heterocycles. The highest BCUT2D eigenvalue weighted by molar-refractivity contribution is 7.88. The van der Waals surface area contributed by atoms with Crippen LogP contribution in [0.1, 0.15) is 40.5 Å². The van der Waals surface area contributed by atoms with Gasteiger partial charge in [-0.25, -0.2) is 13.1 Å². The van der Waals surface area contributed by atoms with Crippen LogP contribution in [0.3, 0.4) is 0 Å². The van der Waals surface area contributed by atoms with Gasteiger partial charge in [0.2, 0.25) is 10.0 Å². The normalized spacial score (nSPS) is 19.2. The van der Waals surface area contributed by atoms with Crippen molar-refractivity contribution < 1.29 is 22.5 Å².